The molecule has 3 aliphatic rings. The number of fused-ring (bicyclic) bond motifs is 3. The molecule has 3 aliphatic heterocycles. The number of aliphatic hydroxyl groups is 1. The van der Waals surface area contributed by atoms with Crippen molar-refractivity contribution in [3.63, 3.8) is 0 Å². The van der Waals surface area contributed by atoms with Crippen molar-refractivity contribution in [3.8, 4) is 17.5 Å². The van der Waals surface area contributed by atoms with Crippen molar-refractivity contribution in [3.05, 3.63) is 41.7 Å². The summed E-state index contributed by atoms with van der Waals surface area (Å²) in [5, 5.41) is 11.4. The third-order valence-electron chi connectivity index (χ3n) is 5.97. The maximum Gasteiger partial charge on any atom is 0.316 e. The number of amides is 1. The van der Waals surface area contributed by atoms with E-state index in [0.29, 0.717) is 29.9 Å². The highest BCUT2D eigenvalue weighted by Crippen LogP contribution is 2.47. The Morgan fingerprint density at radius 3 is 2.54 bits per heavy atom. The highest BCUT2D eigenvalue weighted by molar-refractivity contribution is 5.94. The average Bonchev–Trinajstić information content (AvgIpc) is 3.29. The van der Waals surface area contributed by atoms with E-state index in [2.05, 4.69) is 9.97 Å². The van der Waals surface area contributed by atoms with Crippen LogP contribution in [0.15, 0.2) is 30.6 Å². The van der Waals surface area contributed by atoms with Crippen molar-refractivity contribution in [2.75, 3.05) is 13.9 Å². The van der Waals surface area contributed by atoms with Crippen LogP contribution < -0.4 is 14.2 Å². The standard InChI is InChI=1S/C20H21N3O5/c1-26-19-21-9-12(10-22-19)18(24)23-14-3-4-15(23)8-20(25,7-14)13-2-5-16-17(6-13)28-11-27-16/h2,5-6,9-10,14-15,25H,3-4,7-8,11H2,1H3/t14-,15-/m0/s1. The molecule has 0 aliphatic carbocycles. The summed E-state index contributed by atoms with van der Waals surface area (Å²) in [5.74, 6) is 1.26. The fourth-order valence-corrected chi connectivity index (χ4v) is 4.66. The molecular formula is C20H21N3O5. The minimum atomic E-state index is -0.986. The minimum Gasteiger partial charge on any atom is -0.467 e. The van der Waals surface area contributed by atoms with Gasteiger partial charge in [-0.1, -0.05) is 6.07 Å². The Balaban J connectivity index is 1.39. The molecule has 8 heteroatoms. The molecule has 0 unspecified atom stereocenters. The monoisotopic (exact) mass is 383 g/mol. The predicted molar refractivity (Wildman–Crippen MR) is 97.3 cm³/mol. The molecule has 4 heterocycles. The Kier molecular flexibility index (Phi) is 3.90. The SMILES string of the molecule is COc1ncc(C(=O)N2[C@H]3CC[C@H]2CC(O)(c2ccc4c(c2)OCO4)C3)cn1. The average molecular weight is 383 g/mol. The smallest absolute Gasteiger partial charge is 0.316 e. The number of aromatic nitrogens is 2. The van der Waals surface area contributed by atoms with Gasteiger partial charge in [-0.3, -0.25) is 4.79 Å². The zero-order valence-corrected chi connectivity index (χ0v) is 15.5. The van der Waals surface area contributed by atoms with Gasteiger partial charge in [-0.2, -0.15) is 0 Å². The van der Waals surface area contributed by atoms with E-state index in [9.17, 15) is 9.90 Å². The number of rotatable bonds is 3. The summed E-state index contributed by atoms with van der Waals surface area (Å²) in [6.07, 6.45) is 5.72. The number of piperidine rings is 1. The van der Waals surface area contributed by atoms with E-state index < -0.39 is 5.60 Å². The Labute approximate surface area is 162 Å². The summed E-state index contributed by atoms with van der Waals surface area (Å²) in [7, 11) is 1.48. The molecule has 146 valence electrons. The molecule has 1 amide bonds. The molecule has 28 heavy (non-hydrogen) atoms. The van der Waals surface area contributed by atoms with E-state index in [-0.39, 0.29) is 30.8 Å². The molecule has 2 atom stereocenters. The van der Waals surface area contributed by atoms with Crippen molar-refractivity contribution in [1.29, 1.82) is 0 Å². The van der Waals surface area contributed by atoms with E-state index in [1.807, 2.05) is 23.1 Å². The van der Waals surface area contributed by atoms with Crippen molar-refractivity contribution in [2.45, 2.75) is 43.4 Å². The van der Waals surface area contributed by atoms with Gasteiger partial charge in [0.05, 0.1) is 18.3 Å². The number of ether oxygens (including phenoxy) is 3. The van der Waals surface area contributed by atoms with E-state index in [4.69, 9.17) is 14.2 Å². The molecule has 5 rings (SSSR count). The van der Waals surface area contributed by atoms with Crippen LogP contribution in [0.25, 0.3) is 0 Å². The molecule has 0 saturated carbocycles. The Morgan fingerprint density at radius 2 is 1.86 bits per heavy atom. The normalized spacial score (nSPS) is 27.7. The number of benzene rings is 1. The lowest BCUT2D eigenvalue weighted by Crippen LogP contribution is -2.52. The number of hydrogen-bond acceptors (Lipinski definition) is 7. The number of carbonyl (C=O) groups excluding carboxylic acids is 1. The molecule has 2 fully saturated rings. The molecular weight excluding hydrogens is 362 g/mol. The fraction of sp³-hybridized carbons (Fsp3) is 0.450. The van der Waals surface area contributed by atoms with Gasteiger partial charge in [0.1, 0.15) is 0 Å². The van der Waals surface area contributed by atoms with Crippen LogP contribution in [-0.2, 0) is 5.60 Å². The summed E-state index contributed by atoms with van der Waals surface area (Å²) >= 11 is 0. The van der Waals surface area contributed by atoms with Crippen LogP contribution in [0.1, 0.15) is 41.6 Å². The van der Waals surface area contributed by atoms with Gasteiger partial charge >= 0.3 is 6.01 Å². The van der Waals surface area contributed by atoms with Gasteiger partial charge in [-0.05, 0) is 30.5 Å². The first-order chi connectivity index (χ1) is 13.6. The lowest BCUT2D eigenvalue weighted by Gasteiger charge is -2.44. The van der Waals surface area contributed by atoms with E-state index in [1.54, 1.807) is 0 Å². The molecule has 2 saturated heterocycles. The second-order valence-electron chi connectivity index (χ2n) is 7.56. The van der Waals surface area contributed by atoms with Crippen molar-refractivity contribution >= 4 is 5.91 Å². The Hall–Kier alpha value is -2.87. The van der Waals surface area contributed by atoms with Gasteiger partial charge in [0.25, 0.3) is 5.91 Å². The highest BCUT2D eigenvalue weighted by atomic mass is 16.7. The van der Waals surface area contributed by atoms with Crippen molar-refractivity contribution < 1.29 is 24.1 Å². The summed E-state index contributed by atoms with van der Waals surface area (Å²) in [6, 6.07) is 5.77. The first-order valence-electron chi connectivity index (χ1n) is 9.38. The molecule has 1 aromatic heterocycles. The molecule has 0 radical (unpaired) electrons. The second kappa shape index (κ2) is 6.34. The van der Waals surface area contributed by atoms with Crippen LogP contribution >= 0.6 is 0 Å². The van der Waals surface area contributed by atoms with E-state index >= 15 is 0 Å². The number of nitrogens with zero attached hydrogens (tertiary/aromatic N) is 3. The van der Waals surface area contributed by atoms with Gasteiger partial charge in [0.2, 0.25) is 6.79 Å². The van der Waals surface area contributed by atoms with E-state index in [0.717, 1.165) is 18.4 Å². The number of hydrogen-bond donors (Lipinski definition) is 1. The minimum absolute atomic E-state index is 0.0243. The van der Waals surface area contributed by atoms with E-state index in [1.165, 1.54) is 19.5 Å². The summed E-state index contributed by atoms with van der Waals surface area (Å²) < 4.78 is 15.8. The maximum atomic E-state index is 13.0. The third-order valence-corrected chi connectivity index (χ3v) is 5.97. The first kappa shape index (κ1) is 17.2. The van der Waals surface area contributed by atoms with Gasteiger partial charge < -0.3 is 24.2 Å². The Morgan fingerprint density at radius 1 is 1.18 bits per heavy atom. The van der Waals surface area contributed by atoms with Crippen LogP contribution in [0, 0.1) is 0 Å². The van der Waals surface area contributed by atoms with Gasteiger partial charge in [0.15, 0.2) is 11.5 Å². The lowest BCUT2D eigenvalue weighted by molar-refractivity contribution is -0.0480. The quantitative estimate of drug-likeness (QED) is 0.865. The first-order valence-corrected chi connectivity index (χ1v) is 9.38. The number of carbonyl (C=O) groups is 1. The predicted octanol–water partition coefficient (Wildman–Crippen LogP) is 1.87. The van der Waals surface area contributed by atoms with Gasteiger partial charge in [-0.15, -0.1) is 0 Å². The van der Waals surface area contributed by atoms with Crippen LogP contribution in [0.2, 0.25) is 0 Å². The Bertz CT molecular complexity index is 903. The van der Waals surface area contributed by atoms with Crippen LogP contribution in [0.5, 0.6) is 17.5 Å². The van der Waals surface area contributed by atoms with Crippen LogP contribution in [0.3, 0.4) is 0 Å². The summed E-state index contributed by atoms with van der Waals surface area (Å²) in [4.78, 5) is 23.0. The van der Waals surface area contributed by atoms with Gasteiger partial charge in [0, 0.05) is 37.3 Å². The molecule has 1 aromatic carbocycles. The zero-order chi connectivity index (χ0) is 19.3. The number of methoxy groups -OCH3 is 1. The van der Waals surface area contributed by atoms with Crippen molar-refractivity contribution in [2.24, 2.45) is 0 Å². The van der Waals surface area contributed by atoms with Crippen LogP contribution in [0.4, 0.5) is 0 Å². The lowest BCUT2D eigenvalue weighted by atomic mass is 9.80. The van der Waals surface area contributed by atoms with Gasteiger partial charge in [-0.25, -0.2) is 9.97 Å². The summed E-state index contributed by atoms with van der Waals surface area (Å²) in [6.45, 7) is 0.203. The topological polar surface area (TPSA) is 94.0 Å². The zero-order valence-electron chi connectivity index (χ0n) is 15.5. The molecule has 0 spiro atoms. The highest BCUT2D eigenvalue weighted by Gasteiger charge is 2.50. The third kappa shape index (κ3) is 2.67. The fourth-order valence-electron chi connectivity index (χ4n) is 4.66. The summed E-state index contributed by atoms with van der Waals surface area (Å²) in [5.41, 5.74) is 0.264. The molecule has 2 aromatic rings. The van der Waals surface area contributed by atoms with Crippen LogP contribution in [-0.4, -0.2) is 51.9 Å². The molecule has 1 N–H and O–H groups in total. The van der Waals surface area contributed by atoms with Crippen molar-refractivity contribution in [1.82, 2.24) is 14.9 Å². The maximum absolute atomic E-state index is 13.0. The molecule has 2 bridgehead atoms. The second-order valence-corrected chi connectivity index (χ2v) is 7.56. The largest absolute Gasteiger partial charge is 0.467 e. The molecule has 8 nitrogen and oxygen atoms in total.